The van der Waals surface area contributed by atoms with E-state index in [0.29, 0.717) is 5.56 Å². The lowest BCUT2D eigenvalue weighted by atomic mass is 9.83. The van der Waals surface area contributed by atoms with Gasteiger partial charge in [-0.1, -0.05) is 26.8 Å². The third-order valence-electron chi connectivity index (χ3n) is 2.40. The molecular weight excluding hydrogens is 204 g/mol. The molecule has 0 N–H and O–H groups in total. The lowest BCUT2D eigenvalue weighted by Crippen LogP contribution is -2.19. The number of carbonyl (C=O) groups is 1. The molecule has 0 heterocycles. The van der Waals surface area contributed by atoms with Crippen LogP contribution in [0.5, 0.6) is 5.75 Å². The largest absolute Gasteiger partial charge is 0.496 e. The van der Waals surface area contributed by atoms with E-state index < -0.39 is 0 Å². The van der Waals surface area contributed by atoms with E-state index in [4.69, 9.17) is 9.47 Å². The predicted octanol–water partition coefficient (Wildman–Crippen LogP) is 2.78. The van der Waals surface area contributed by atoms with E-state index in [1.807, 2.05) is 26.8 Å². The molecule has 0 aliphatic carbocycles. The van der Waals surface area contributed by atoms with Gasteiger partial charge < -0.3 is 9.47 Å². The van der Waals surface area contributed by atoms with Crippen LogP contribution in [0, 0.1) is 0 Å². The topological polar surface area (TPSA) is 35.5 Å². The van der Waals surface area contributed by atoms with Gasteiger partial charge in [-0.25, -0.2) is 4.79 Å². The molecule has 0 unspecified atom stereocenters. The van der Waals surface area contributed by atoms with Crippen LogP contribution in [0.3, 0.4) is 0 Å². The molecule has 0 aromatic heterocycles. The molecule has 1 rings (SSSR count). The van der Waals surface area contributed by atoms with E-state index in [2.05, 4.69) is 0 Å². The summed E-state index contributed by atoms with van der Waals surface area (Å²) in [6, 6.07) is 5.41. The molecule has 0 aliphatic rings. The first-order valence-electron chi connectivity index (χ1n) is 5.17. The maximum atomic E-state index is 11.7. The minimum Gasteiger partial charge on any atom is -0.496 e. The van der Waals surface area contributed by atoms with Crippen molar-refractivity contribution < 1.29 is 14.3 Å². The summed E-state index contributed by atoms with van der Waals surface area (Å²) in [5, 5.41) is 0. The highest BCUT2D eigenvalue weighted by atomic mass is 16.5. The molecule has 1 aromatic rings. The van der Waals surface area contributed by atoms with Gasteiger partial charge >= 0.3 is 5.97 Å². The zero-order valence-electron chi connectivity index (χ0n) is 10.5. The van der Waals surface area contributed by atoms with Crippen molar-refractivity contribution in [3.63, 3.8) is 0 Å². The van der Waals surface area contributed by atoms with Crippen molar-refractivity contribution in [3.05, 3.63) is 29.3 Å². The van der Waals surface area contributed by atoms with Crippen molar-refractivity contribution in [2.75, 3.05) is 14.2 Å². The van der Waals surface area contributed by atoms with Crippen LogP contribution in [0.2, 0.25) is 0 Å². The molecule has 0 fully saturated rings. The van der Waals surface area contributed by atoms with Gasteiger partial charge in [0.15, 0.2) is 0 Å². The Balaban J connectivity index is 3.44. The Morgan fingerprint density at radius 2 is 1.81 bits per heavy atom. The number of carbonyl (C=O) groups excluding carboxylic acids is 1. The predicted molar refractivity (Wildman–Crippen MR) is 63.0 cm³/mol. The van der Waals surface area contributed by atoms with Crippen molar-refractivity contribution in [1.82, 2.24) is 0 Å². The lowest BCUT2D eigenvalue weighted by Gasteiger charge is -2.24. The fraction of sp³-hybridized carbons (Fsp3) is 0.462. The maximum Gasteiger partial charge on any atom is 0.338 e. The Labute approximate surface area is 96.4 Å². The van der Waals surface area contributed by atoms with Crippen molar-refractivity contribution in [2.24, 2.45) is 0 Å². The zero-order chi connectivity index (χ0) is 12.3. The van der Waals surface area contributed by atoms with Gasteiger partial charge in [0.05, 0.1) is 19.8 Å². The number of hydrogen-bond donors (Lipinski definition) is 0. The van der Waals surface area contributed by atoms with Gasteiger partial charge in [-0.05, 0) is 17.5 Å². The highest BCUT2D eigenvalue weighted by molar-refractivity contribution is 5.92. The molecule has 0 spiro atoms. The first-order chi connectivity index (χ1) is 7.41. The molecule has 3 nitrogen and oxygen atoms in total. The van der Waals surface area contributed by atoms with Gasteiger partial charge in [0.2, 0.25) is 0 Å². The van der Waals surface area contributed by atoms with E-state index in [0.717, 1.165) is 11.3 Å². The average Bonchev–Trinajstić information content (AvgIpc) is 2.25. The van der Waals surface area contributed by atoms with Gasteiger partial charge in [-0.2, -0.15) is 0 Å². The second kappa shape index (κ2) is 4.56. The Morgan fingerprint density at radius 1 is 1.19 bits per heavy atom. The van der Waals surface area contributed by atoms with Crippen molar-refractivity contribution in [1.29, 1.82) is 0 Å². The summed E-state index contributed by atoms with van der Waals surface area (Å²) in [5.41, 5.74) is 1.27. The van der Waals surface area contributed by atoms with E-state index in [1.54, 1.807) is 19.2 Å². The molecule has 0 radical (unpaired) electrons. The standard InChI is InChI=1S/C13H18O3/c1-13(2,3)11-9(12(14)16-5)7-6-8-10(11)15-4/h6-8H,1-5H3. The van der Waals surface area contributed by atoms with E-state index in [9.17, 15) is 4.79 Å². The van der Waals surface area contributed by atoms with Crippen molar-refractivity contribution in [2.45, 2.75) is 26.2 Å². The first-order valence-corrected chi connectivity index (χ1v) is 5.17. The van der Waals surface area contributed by atoms with Gasteiger partial charge in [-0.15, -0.1) is 0 Å². The summed E-state index contributed by atoms with van der Waals surface area (Å²) < 4.78 is 10.1. The fourth-order valence-corrected chi connectivity index (χ4v) is 1.75. The fourth-order valence-electron chi connectivity index (χ4n) is 1.75. The summed E-state index contributed by atoms with van der Waals surface area (Å²) in [6.07, 6.45) is 0. The minimum absolute atomic E-state index is 0.171. The lowest BCUT2D eigenvalue weighted by molar-refractivity contribution is 0.0597. The number of rotatable bonds is 2. The second-order valence-corrected chi connectivity index (χ2v) is 4.62. The molecule has 16 heavy (non-hydrogen) atoms. The quantitative estimate of drug-likeness (QED) is 0.722. The van der Waals surface area contributed by atoms with Gasteiger partial charge in [0, 0.05) is 5.56 Å². The Kier molecular flexibility index (Phi) is 3.58. The second-order valence-electron chi connectivity index (χ2n) is 4.62. The van der Waals surface area contributed by atoms with Crippen LogP contribution in [0.1, 0.15) is 36.7 Å². The number of hydrogen-bond acceptors (Lipinski definition) is 3. The van der Waals surface area contributed by atoms with Crippen LogP contribution in [-0.4, -0.2) is 20.2 Å². The molecule has 0 atom stereocenters. The smallest absolute Gasteiger partial charge is 0.338 e. The van der Waals surface area contributed by atoms with Crippen LogP contribution in [-0.2, 0) is 10.2 Å². The molecule has 0 saturated carbocycles. The summed E-state index contributed by atoms with van der Waals surface area (Å²) in [7, 11) is 2.99. The zero-order valence-corrected chi connectivity index (χ0v) is 10.5. The first kappa shape index (κ1) is 12.6. The highest BCUT2D eigenvalue weighted by Crippen LogP contribution is 2.34. The monoisotopic (exact) mass is 222 g/mol. The van der Waals surface area contributed by atoms with E-state index >= 15 is 0 Å². The summed E-state index contributed by atoms with van der Waals surface area (Å²) >= 11 is 0. The Morgan fingerprint density at radius 3 is 2.25 bits per heavy atom. The van der Waals surface area contributed by atoms with Crippen LogP contribution in [0.25, 0.3) is 0 Å². The highest BCUT2D eigenvalue weighted by Gasteiger charge is 2.25. The molecule has 0 bridgehead atoms. The normalized spacial score (nSPS) is 11.1. The molecule has 88 valence electrons. The van der Waals surface area contributed by atoms with Crippen molar-refractivity contribution >= 4 is 5.97 Å². The van der Waals surface area contributed by atoms with Crippen LogP contribution in [0.15, 0.2) is 18.2 Å². The molecule has 3 heteroatoms. The Bertz CT molecular complexity index is 389. The molecule has 0 amide bonds. The number of benzene rings is 1. The van der Waals surface area contributed by atoms with Crippen LogP contribution >= 0.6 is 0 Å². The third kappa shape index (κ3) is 2.35. The summed E-state index contributed by atoms with van der Waals surface area (Å²) in [4.78, 5) is 11.7. The molecule has 1 aromatic carbocycles. The van der Waals surface area contributed by atoms with Crippen LogP contribution < -0.4 is 4.74 Å². The SMILES string of the molecule is COC(=O)c1cccc(OC)c1C(C)(C)C. The number of methoxy groups -OCH3 is 2. The molecular formula is C13H18O3. The number of ether oxygens (including phenoxy) is 2. The minimum atomic E-state index is -0.330. The maximum absolute atomic E-state index is 11.7. The number of esters is 1. The van der Waals surface area contributed by atoms with Crippen LogP contribution in [0.4, 0.5) is 0 Å². The average molecular weight is 222 g/mol. The van der Waals surface area contributed by atoms with Gasteiger partial charge in [-0.3, -0.25) is 0 Å². The third-order valence-corrected chi connectivity index (χ3v) is 2.40. The molecule has 0 saturated heterocycles. The van der Waals surface area contributed by atoms with Gasteiger partial charge in [0.25, 0.3) is 0 Å². The van der Waals surface area contributed by atoms with E-state index in [-0.39, 0.29) is 11.4 Å². The van der Waals surface area contributed by atoms with Gasteiger partial charge in [0.1, 0.15) is 5.75 Å². The Hall–Kier alpha value is -1.51. The molecule has 0 aliphatic heterocycles. The summed E-state index contributed by atoms with van der Waals surface area (Å²) in [5.74, 6) is 0.388. The van der Waals surface area contributed by atoms with E-state index in [1.165, 1.54) is 7.11 Å². The van der Waals surface area contributed by atoms with Crippen molar-refractivity contribution in [3.8, 4) is 5.75 Å². The summed E-state index contributed by atoms with van der Waals surface area (Å²) in [6.45, 7) is 6.12.